The van der Waals surface area contributed by atoms with Crippen molar-refractivity contribution in [2.45, 2.75) is 56.7 Å². The topological polar surface area (TPSA) is 53.0 Å². The van der Waals surface area contributed by atoms with Crippen LogP contribution in [0, 0.1) is 5.92 Å². The number of aliphatic hydroxyl groups is 1. The van der Waals surface area contributed by atoms with Crippen LogP contribution in [-0.2, 0) is 9.53 Å². The minimum absolute atomic E-state index is 0.122. The number of rotatable bonds is 3. The number of carbonyl (C=O) groups is 1. The van der Waals surface area contributed by atoms with Crippen LogP contribution in [0.3, 0.4) is 0 Å². The molecule has 1 heterocycles. The molecule has 5 heteroatoms. The number of carbonyl (C=O) groups excluding carboxylic acids is 1. The second kappa shape index (κ2) is 6.63. The summed E-state index contributed by atoms with van der Waals surface area (Å²) in [5.41, 5.74) is 0. The van der Waals surface area contributed by atoms with Crippen LogP contribution in [0.5, 0.6) is 0 Å². The molecule has 5 nitrogen and oxygen atoms in total. The van der Waals surface area contributed by atoms with Gasteiger partial charge in [-0.2, -0.15) is 0 Å². The van der Waals surface area contributed by atoms with E-state index in [0.29, 0.717) is 6.42 Å². The molecule has 2 aliphatic carbocycles. The molecule has 1 N–H and O–H groups in total. The van der Waals surface area contributed by atoms with Gasteiger partial charge < -0.3 is 9.84 Å². The van der Waals surface area contributed by atoms with Crippen LogP contribution in [0.15, 0.2) is 0 Å². The quantitative estimate of drug-likeness (QED) is 0.783. The molecule has 3 fully saturated rings. The Bertz CT molecular complexity index is 363. The van der Waals surface area contributed by atoms with Crippen molar-refractivity contribution in [1.82, 2.24) is 9.80 Å². The molecule has 21 heavy (non-hydrogen) atoms. The van der Waals surface area contributed by atoms with E-state index in [1.165, 1.54) is 32.8 Å². The molecule has 3 atom stereocenters. The minimum Gasteiger partial charge on any atom is -0.469 e. The largest absolute Gasteiger partial charge is 0.469 e. The van der Waals surface area contributed by atoms with Gasteiger partial charge in [0.05, 0.1) is 19.1 Å². The van der Waals surface area contributed by atoms with Gasteiger partial charge >= 0.3 is 5.97 Å². The SMILES string of the molecule is COC(=O)[C@@H]1C[C@H](O)[C@@H](N2CCN(C3CCCC3)CC2)C1. The number of piperazine rings is 1. The molecule has 0 aromatic heterocycles. The average molecular weight is 296 g/mol. The van der Waals surface area contributed by atoms with E-state index >= 15 is 0 Å². The molecule has 0 amide bonds. The van der Waals surface area contributed by atoms with Crippen molar-refractivity contribution in [3.8, 4) is 0 Å². The highest BCUT2D eigenvalue weighted by Crippen LogP contribution is 2.32. The summed E-state index contributed by atoms with van der Waals surface area (Å²) in [6, 6.07) is 0.934. The first-order valence-corrected chi connectivity index (χ1v) is 8.43. The predicted octanol–water partition coefficient (Wildman–Crippen LogP) is 0.859. The fourth-order valence-corrected chi connectivity index (χ4v) is 4.45. The van der Waals surface area contributed by atoms with Crippen molar-refractivity contribution in [3.05, 3.63) is 0 Å². The van der Waals surface area contributed by atoms with Crippen LogP contribution in [0.1, 0.15) is 38.5 Å². The van der Waals surface area contributed by atoms with Crippen molar-refractivity contribution >= 4 is 5.97 Å². The predicted molar refractivity (Wildman–Crippen MR) is 79.9 cm³/mol. The van der Waals surface area contributed by atoms with Gasteiger partial charge in [0.1, 0.15) is 0 Å². The lowest BCUT2D eigenvalue weighted by Gasteiger charge is -2.41. The molecular formula is C16H28N2O3. The number of nitrogens with zero attached hydrogens (tertiary/aromatic N) is 2. The van der Waals surface area contributed by atoms with E-state index in [-0.39, 0.29) is 24.0 Å². The Morgan fingerprint density at radius 3 is 2.29 bits per heavy atom. The van der Waals surface area contributed by atoms with Crippen LogP contribution in [0.2, 0.25) is 0 Å². The smallest absolute Gasteiger partial charge is 0.308 e. The third-order valence-electron chi connectivity index (χ3n) is 5.69. The third kappa shape index (κ3) is 3.25. The lowest BCUT2D eigenvalue weighted by atomic mass is 10.1. The molecule has 0 aromatic rings. The maximum Gasteiger partial charge on any atom is 0.308 e. The molecule has 0 spiro atoms. The van der Waals surface area contributed by atoms with E-state index in [4.69, 9.17) is 4.74 Å². The van der Waals surface area contributed by atoms with E-state index < -0.39 is 0 Å². The molecule has 1 aliphatic heterocycles. The zero-order valence-electron chi connectivity index (χ0n) is 13.0. The van der Waals surface area contributed by atoms with Crippen LogP contribution in [0.4, 0.5) is 0 Å². The number of methoxy groups -OCH3 is 1. The van der Waals surface area contributed by atoms with Gasteiger partial charge in [0.2, 0.25) is 0 Å². The Balaban J connectivity index is 1.51. The second-order valence-electron chi connectivity index (χ2n) is 6.84. The highest BCUT2D eigenvalue weighted by molar-refractivity contribution is 5.72. The molecule has 3 rings (SSSR count). The maximum atomic E-state index is 11.7. The number of aliphatic hydroxyl groups excluding tert-OH is 1. The first-order valence-electron chi connectivity index (χ1n) is 8.43. The van der Waals surface area contributed by atoms with Crippen molar-refractivity contribution in [3.63, 3.8) is 0 Å². The summed E-state index contributed by atoms with van der Waals surface area (Å²) in [4.78, 5) is 16.7. The Kier molecular flexibility index (Phi) is 4.82. The van der Waals surface area contributed by atoms with Gasteiger partial charge in [0.15, 0.2) is 0 Å². The monoisotopic (exact) mass is 296 g/mol. The molecule has 0 aromatic carbocycles. The molecule has 120 valence electrons. The Labute approximate surface area is 127 Å². The van der Waals surface area contributed by atoms with Gasteiger partial charge in [-0.05, 0) is 25.7 Å². The molecule has 2 saturated carbocycles. The summed E-state index contributed by atoms with van der Waals surface area (Å²) in [5, 5.41) is 10.3. The maximum absolute atomic E-state index is 11.7. The van der Waals surface area contributed by atoms with E-state index in [1.54, 1.807) is 0 Å². The van der Waals surface area contributed by atoms with E-state index in [1.807, 2.05) is 0 Å². The van der Waals surface area contributed by atoms with Crippen molar-refractivity contribution in [2.24, 2.45) is 5.92 Å². The normalized spacial score (nSPS) is 36.2. The first-order chi connectivity index (χ1) is 10.2. The summed E-state index contributed by atoms with van der Waals surface area (Å²) in [6.45, 7) is 4.26. The van der Waals surface area contributed by atoms with Crippen molar-refractivity contribution in [2.75, 3.05) is 33.3 Å². The fraction of sp³-hybridized carbons (Fsp3) is 0.938. The average Bonchev–Trinajstić information content (AvgIpc) is 3.16. The highest BCUT2D eigenvalue weighted by atomic mass is 16.5. The lowest BCUT2D eigenvalue weighted by molar-refractivity contribution is -0.145. The van der Waals surface area contributed by atoms with Gasteiger partial charge in [0.25, 0.3) is 0 Å². The molecule has 0 bridgehead atoms. The van der Waals surface area contributed by atoms with E-state index in [2.05, 4.69) is 9.80 Å². The lowest BCUT2D eigenvalue weighted by Crippen LogP contribution is -2.54. The first kappa shape index (κ1) is 15.3. The summed E-state index contributed by atoms with van der Waals surface area (Å²) in [6.07, 6.45) is 6.40. The molecule has 0 unspecified atom stereocenters. The van der Waals surface area contributed by atoms with Crippen LogP contribution in [-0.4, -0.2) is 72.4 Å². The molecule has 0 radical (unpaired) electrons. The zero-order valence-corrected chi connectivity index (χ0v) is 13.0. The standard InChI is InChI=1S/C16H28N2O3/c1-21-16(20)12-10-14(15(19)11-12)18-8-6-17(7-9-18)13-4-2-3-5-13/h12-15,19H,2-11H2,1H3/t12-,14-,15-/m0/s1. The van der Waals surface area contributed by atoms with Gasteiger partial charge in [-0.25, -0.2) is 0 Å². The van der Waals surface area contributed by atoms with Crippen LogP contribution >= 0.6 is 0 Å². The summed E-state index contributed by atoms with van der Waals surface area (Å²) in [5.74, 6) is -0.288. The van der Waals surface area contributed by atoms with Crippen molar-refractivity contribution < 1.29 is 14.6 Å². The number of hydrogen-bond acceptors (Lipinski definition) is 5. The molecule has 3 aliphatic rings. The molecular weight excluding hydrogens is 268 g/mol. The zero-order chi connectivity index (χ0) is 14.8. The second-order valence-corrected chi connectivity index (χ2v) is 6.84. The Morgan fingerprint density at radius 1 is 1.05 bits per heavy atom. The summed E-state index contributed by atoms with van der Waals surface area (Å²) in [7, 11) is 1.43. The number of ether oxygens (including phenoxy) is 1. The fourth-order valence-electron chi connectivity index (χ4n) is 4.45. The number of esters is 1. The Morgan fingerprint density at radius 2 is 1.67 bits per heavy atom. The number of hydrogen-bond donors (Lipinski definition) is 1. The van der Waals surface area contributed by atoms with Gasteiger partial charge in [-0.1, -0.05) is 12.8 Å². The van der Waals surface area contributed by atoms with Gasteiger partial charge in [-0.3, -0.25) is 14.6 Å². The minimum atomic E-state index is -0.382. The highest BCUT2D eigenvalue weighted by Gasteiger charge is 2.41. The van der Waals surface area contributed by atoms with Gasteiger partial charge in [-0.15, -0.1) is 0 Å². The van der Waals surface area contributed by atoms with Gasteiger partial charge in [0, 0.05) is 38.3 Å². The van der Waals surface area contributed by atoms with E-state index in [0.717, 1.165) is 38.6 Å². The van der Waals surface area contributed by atoms with Crippen molar-refractivity contribution in [1.29, 1.82) is 0 Å². The molecule has 1 saturated heterocycles. The van der Waals surface area contributed by atoms with E-state index in [9.17, 15) is 9.90 Å². The summed E-state index contributed by atoms with van der Waals surface area (Å²) < 4.78 is 4.83. The third-order valence-corrected chi connectivity index (χ3v) is 5.69. The summed E-state index contributed by atoms with van der Waals surface area (Å²) >= 11 is 0. The van der Waals surface area contributed by atoms with Crippen LogP contribution < -0.4 is 0 Å². The Hall–Kier alpha value is -0.650. The van der Waals surface area contributed by atoms with Crippen LogP contribution in [0.25, 0.3) is 0 Å².